The summed E-state index contributed by atoms with van der Waals surface area (Å²) in [5, 5.41) is 12.2. The van der Waals surface area contributed by atoms with E-state index in [1.54, 1.807) is 11.3 Å². The standard InChI is InChI=1S/C20H24N2O3S/c1-21(2)8-14-7-15(26-11-14)9-22-10-17-16-5-3-4-6-18(16)25-13-20(17,12-22)19(23)24/h3-7,11,17H,8-10,12-13H2,1-2H3,(H,23,24)/t17-,20-/m1/s1. The molecule has 0 unspecified atom stereocenters. The fourth-order valence-electron chi connectivity index (χ4n) is 4.23. The molecule has 2 aliphatic rings. The number of rotatable bonds is 5. The summed E-state index contributed by atoms with van der Waals surface area (Å²) in [6.07, 6.45) is 0. The summed E-state index contributed by atoms with van der Waals surface area (Å²) in [7, 11) is 4.13. The topological polar surface area (TPSA) is 53.0 Å². The van der Waals surface area contributed by atoms with Crippen molar-refractivity contribution in [2.24, 2.45) is 5.41 Å². The minimum atomic E-state index is -0.849. The van der Waals surface area contributed by atoms with E-state index in [1.807, 2.05) is 24.3 Å². The molecule has 1 aromatic carbocycles. The zero-order chi connectivity index (χ0) is 18.3. The maximum atomic E-state index is 12.2. The molecule has 0 spiro atoms. The Morgan fingerprint density at radius 1 is 1.42 bits per heavy atom. The lowest BCUT2D eigenvalue weighted by atomic mass is 9.73. The van der Waals surface area contributed by atoms with Crippen LogP contribution in [0.5, 0.6) is 5.75 Å². The lowest BCUT2D eigenvalue weighted by Gasteiger charge is -2.35. The van der Waals surface area contributed by atoms with Gasteiger partial charge in [0.05, 0.1) is 0 Å². The summed E-state index contributed by atoms with van der Waals surface area (Å²) in [6.45, 7) is 3.26. The number of benzene rings is 1. The van der Waals surface area contributed by atoms with E-state index < -0.39 is 11.4 Å². The molecule has 138 valence electrons. The second-order valence-corrected chi connectivity index (χ2v) is 8.66. The minimum Gasteiger partial charge on any atom is -0.492 e. The maximum Gasteiger partial charge on any atom is 0.315 e. The highest BCUT2D eigenvalue weighted by atomic mass is 32.1. The first-order chi connectivity index (χ1) is 12.5. The van der Waals surface area contributed by atoms with Crippen LogP contribution in [0.2, 0.25) is 0 Å². The summed E-state index contributed by atoms with van der Waals surface area (Å²) in [5.74, 6) is 0.0609. The van der Waals surface area contributed by atoms with Crippen molar-refractivity contribution >= 4 is 17.3 Å². The number of carbonyl (C=O) groups is 1. The number of nitrogens with zero attached hydrogens (tertiary/aromatic N) is 2. The van der Waals surface area contributed by atoms with Crippen LogP contribution in [-0.4, -0.2) is 54.7 Å². The van der Waals surface area contributed by atoms with Crippen molar-refractivity contribution in [3.8, 4) is 5.75 Å². The number of fused-ring (bicyclic) bond motifs is 3. The summed E-state index contributed by atoms with van der Waals surface area (Å²) < 4.78 is 5.84. The molecule has 2 aromatic rings. The van der Waals surface area contributed by atoms with Gasteiger partial charge in [0.15, 0.2) is 0 Å². The van der Waals surface area contributed by atoms with Gasteiger partial charge in [-0.25, -0.2) is 0 Å². The van der Waals surface area contributed by atoms with E-state index in [1.165, 1.54) is 10.4 Å². The molecule has 1 N–H and O–H groups in total. The van der Waals surface area contributed by atoms with Gasteiger partial charge in [-0.3, -0.25) is 9.69 Å². The molecule has 1 aromatic heterocycles. The van der Waals surface area contributed by atoms with Crippen molar-refractivity contribution in [3.05, 3.63) is 51.7 Å². The van der Waals surface area contributed by atoms with Gasteiger partial charge in [0.2, 0.25) is 0 Å². The number of para-hydroxylation sites is 1. The van der Waals surface area contributed by atoms with Crippen LogP contribution in [0.25, 0.3) is 0 Å². The Morgan fingerprint density at radius 3 is 3.00 bits per heavy atom. The summed E-state index contributed by atoms with van der Waals surface area (Å²) >= 11 is 1.76. The highest BCUT2D eigenvalue weighted by Crippen LogP contribution is 2.50. The van der Waals surface area contributed by atoms with Gasteiger partial charge in [0, 0.05) is 37.0 Å². The first-order valence-electron chi connectivity index (χ1n) is 8.86. The van der Waals surface area contributed by atoms with Crippen LogP contribution < -0.4 is 4.74 Å². The Kier molecular flexibility index (Phi) is 4.50. The van der Waals surface area contributed by atoms with E-state index >= 15 is 0 Å². The SMILES string of the molecule is CN(C)Cc1csc(CN2C[C@@H]3c4ccccc4OC[C@]3(C(=O)O)C2)c1. The van der Waals surface area contributed by atoms with E-state index in [0.29, 0.717) is 6.54 Å². The normalized spacial score (nSPS) is 25.0. The molecule has 0 radical (unpaired) electrons. The predicted molar refractivity (Wildman–Crippen MR) is 102 cm³/mol. The van der Waals surface area contributed by atoms with Gasteiger partial charge in [-0.2, -0.15) is 0 Å². The number of likely N-dealkylation sites (tertiary alicyclic amines) is 1. The molecule has 0 saturated carbocycles. The summed E-state index contributed by atoms with van der Waals surface area (Å²) in [6, 6.07) is 10.1. The summed E-state index contributed by atoms with van der Waals surface area (Å²) in [5.41, 5.74) is 1.49. The average Bonchev–Trinajstić information content (AvgIpc) is 3.19. The molecule has 1 fully saturated rings. The number of ether oxygens (including phenoxy) is 1. The van der Waals surface area contributed by atoms with Crippen LogP contribution in [0.1, 0.15) is 21.9 Å². The first-order valence-corrected chi connectivity index (χ1v) is 9.74. The first kappa shape index (κ1) is 17.5. The zero-order valence-electron chi connectivity index (χ0n) is 15.1. The van der Waals surface area contributed by atoms with Gasteiger partial charge in [0.25, 0.3) is 0 Å². The van der Waals surface area contributed by atoms with Crippen LogP contribution in [-0.2, 0) is 17.9 Å². The van der Waals surface area contributed by atoms with Crippen molar-refractivity contribution in [1.29, 1.82) is 0 Å². The fourth-order valence-corrected chi connectivity index (χ4v) is 5.15. The number of aliphatic carboxylic acids is 1. The minimum absolute atomic E-state index is 0.0221. The zero-order valence-corrected chi connectivity index (χ0v) is 16.0. The molecule has 3 heterocycles. The van der Waals surface area contributed by atoms with Gasteiger partial charge in [-0.05, 0) is 42.7 Å². The molecule has 1 saturated heterocycles. The van der Waals surface area contributed by atoms with Crippen LogP contribution in [0.3, 0.4) is 0 Å². The largest absolute Gasteiger partial charge is 0.492 e. The van der Waals surface area contributed by atoms with Crippen LogP contribution in [0, 0.1) is 5.41 Å². The molecule has 0 amide bonds. The van der Waals surface area contributed by atoms with Crippen molar-refractivity contribution in [2.75, 3.05) is 33.8 Å². The van der Waals surface area contributed by atoms with Crippen LogP contribution in [0.15, 0.2) is 35.7 Å². The number of hydrogen-bond donors (Lipinski definition) is 1. The third kappa shape index (κ3) is 3.02. The molecule has 0 aliphatic carbocycles. The van der Waals surface area contributed by atoms with Gasteiger partial charge in [-0.15, -0.1) is 11.3 Å². The van der Waals surface area contributed by atoms with Gasteiger partial charge >= 0.3 is 5.97 Å². The summed E-state index contributed by atoms with van der Waals surface area (Å²) in [4.78, 5) is 17.9. The molecular formula is C20H24N2O3S. The van der Waals surface area contributed by atoms with Crippen molar-refractivity contribution < 1.29 is 14.6 Å². The molecule has 5 nitrogen and oxygen atoms in total. The average molecular weight is 372 g/mol. The van der Waals surface area contributed by atoms with Crippen molar-refractivity contribution in [2.45, 2.75) is 19.0 Å². The Morgan fingerprint density at radius 2 is 2.23 bits per heavy atom. The molecule has 2 atom stereocenters. The fraction of sp³-hybridized carbons (Fsp3) is 0.450. The number of thiophene rings is 1. The maximum absolute atomic E-state index is 12.2. The Balaban J connectivity index is 1.56. The molecular weight excluding hydrogens is 348 g/mol. The predicted octanol–water partition coefficient (Wildman–Crippen LogP) is 2.87. The molecule has 0 bridgehead atoms. The lowest BCUT2D eigenvalue weighted by molar-refractivity contribution is -0.151. The second kappa shape index (κ2) is 6.68. The van der Waals surface area contributed by atoms with E-state index in [-0.39, 0.29) is 12.5 Å². The van der Waals surface area contributed by atoms with Gasteiger partial charge < -0.3 is 14.7 Å². The third-order valence-corrected chi connectivity index (χ3v) is 6.38. The number of carboxylic acid groups (broad SMARTS) is 1. The van der Waals surface area contributed by atoms with Crippen molar-refractivity contribution in [3.63, 3.8) is 0 Å². The Bertz CT molecular complexity index is 819. The smallest absolute Gasteiger partial charge is 0.315 e. The number of carboxylic acids is 1. The lowest BCUT2D eigenvalue weighted by Crippen LogP contribution is -2.45. The monoisotopic (exact) mass is 372 g/mol. The molecule has 26 heavy (non-hydrogen) atoms. The quantitative estimate of drug-likeness (QED) is 0.875. The van der Waals surface area contributed by atoms with E-state index in [4.69, 9.17) is 4.74 Å². The van der Waals surface area contributed by atoms with Crippen LogP contribution >= 0.6 is 11.3 Å². The molecule has 6 heteroatoms. The van der Waals surface area contributed by atoms with Gasteiger partial charge in [-0.1, -0.05) is 18.2 Å². The second-order valence-electron chi connectivity index (χ2n) is 7.67. The van der Waals surface area contributed by atoms with E-state index in [2.05, 4.69) is 35.3 Å². The van der Waals surface area contributed by atoms with E-state index in [0.717, 1.165) is 30.9 Å². The Labute approximate surface area is 157 Å². The highest BCUT2D eigenvalue weighted by Gasteiger charge is 2.56. The highest BCUT2D eigenvalue weighted by molar-refractivity contribution is 7.10. The van der Waals surface area contributed by atoms with Crippen molar-refractivity contribution in [1.82, 2.24) is 9.80 Å². The third-order valence-electron chi connectivity index (χ3n) is 5.41. The molecule has 2 aliphatic heterocycles. The number of hydrogen-bond acceptors (Lipinski definition) is 5. The van der Waals surface area contributed by atoms with Gasteiger partial charge in [0.1, 0.15) is 17.8 Å². The molecule has 4 rings (SSSR count). The van der Waals surface area contributed by atoms with E-state index in [9.17, 15) is 9.90 Å². The van der Waals surface area contributed by atoms with Crippen LogP contribution in [0.4, 0.5) is 0 Å². The Hall–Kier alpha value is -1.89.